The molecule has 0 amide bonds. The average molecular weight is 240 g/mol. The Bertz CT molecular complexity index is 491. The summed E-state index contributed by atoms with van der Waals surface area (Å²) in [6, 6.07) is 4.97. The second-order valence-corrected chi connectivity index (χ2v) is 6.88. The van der Waals surface area contributed by atoms with E-state index in [0.717, 1.165) is 0 Å². The number of allylic oxidation sites excluding steroid dienone is 1. The Morgan fingerprint density at radius 1 is 1.17 bits per heavy atom. The van der Waals surface area contributed by atoms with E-state index >= 15 is 0 Å². The Morgan fingerprint density at radius 2 is 1.89 bits per heavy atom. The monoisotopic (exact) mass is 240 g/mol. The van der Waals surface area contributed by atoms with Gasteiger partial charge in [-0.25, -0.2) is 0 Å². The number of hydrogen-bond acceptors (Lipinski definition) is 0. The molecule has 0 aromatic heterocycles. The minimum absolute atomic E-state index is 0.472. The number of benzene rings is 1. The van der Waals surface area contributed by atoms with Gasteiger partial charge in [-0.15, -0.1) is 0 Å². The zero-order valence-corrected chi connectivity index (χ0v) is 11.9. The molecule has 1 unspecified atom stereocenters. The maximum Gasteiger partial charge on any atom is 0.00273 e. The van der Waals surface area contributed by atoms with E-state index in [1.807, 2.05) is 0 Å². The van der Waals surface area contributed by atoms with E-state index in [-0.39, 0.29) is 0 Å². The van der Waals surface area contributed by atoms with Gasteiger partial charge in [0.1, 0.15) is 0 Å². The topological polar surface area (TPSA) is 0 Å². The second-order valence-electron chi connectivity index (χ2n) is 6.88. The highest BCUT2D eigenvalue weighted by Gasteiger charge is 2.30. The number of fused-ring (bicyclic) bond motifs is 2. The maximum absolute atomic E-state index is 2.51. The molecule has 18 heavy (non-hydrogen) atoms. The van der Waals surface area contributed by atoms with Crippen LogP contribution in [0.25, 0.3) is 6.08 Å². The summed E-state index contributed by atoms with van der Waals surface area (Å²) in [6.45, 7) is 7.07. The second kappa shape index (κ2) is 4.26. The summed E-state index contributed by atoms with van der Waals surface area (Å²) >= 11 is 0. The summed E-state index contributed by atoms with van der Waals surface area (Å²) in [5.74, 6) is 0.689. The van der Waals surface area contributed by atoms with Crippen molar-refractivity contribution in [2.75, 3.05) is 0 Å². The molecule has 1 aromatic carbocycles. The summed E-state index contributed by atoms with van der Waals surface area (Å²) in [5, 5.41) is 0. The van der Waals surface area contributed by atoms with Crippen LogP contribution in [-0.2, 0) is 12.8 Å². The largest absolute Gasteiger partial charge is 0.0764 e. The molecule has 96 valence electrons. The molecule has 1 atom stereocenters. The van der Waals surface area contributed by atoms with E-state index in [9.17, 15) is 0 Å². The van der Waals surface area contributed by atoms with E-state index in [4.69, 9.17) is 0 Å². The Kier molecular flexibility index (Phi) is 2.84. The van der Waals surface area contributed by atoms with Crippen LogP contribution >= 0.6 is 0 Å². The lowest BCUT2D eigenvalue weighted by Crippen LogP contribution is -2.09. The van der Waals surface area contributed by atoms with E-state index in [0.29, 0.717) is 11.3 Å². The van der Waals surface area contributed by atoms with Gasteiger partial charge in [0.25, 0.3) is 0 Å². The molecule has 1 aromatic rings. The van der Waals surface area contributed by atoms with Gasteiger partial charge in [-0.1, -0.05) is 57.9 Å². The average Bonchev–Trinajstić information content (AvgIpc) is 2.81. The van der Waals surface area contributed by atoms with Gasteiger partial charge in [0.2, 0.25) is 0 Å². The predicted octanol–water partition coefficient (Wildman–Crippen LogP) is 5.11. The Balaban J connectivity index is 1.90. The van der Waals surface area contributed by atoms with Crippen LogP contribution in [0.3, 0.4) is 0 Å². The van der Waals surface area contributed by atoms with Crippen LogP contribution in [0.2, 0.25) is 0 Å². The third-order valence-electron chi connectivity index (χ3n) is 4.52. The van der Waals surface area contributed by atoms with Gasteiger partial charge in [-0.2, -0.15) is 0 Å². The summed E-state index contributed by atoms with van der Waals surface area (Å²) in [4.78, 5) is 0. The highest BCUT2D eigenvalue weighted by Crippen LogP contribution is 2.42. The number of hydrogen-bond donors (Lipinski definition) is 0. The molecular formula is C18H24. The molecule has 0 heteroatoms. The lowest BCUT2D eigenvalue weighted by atomic mass is 9.90. The summed E-state index contributed by atoms with van der Waals surface area (Å²) in [6.07, 6.45) is 11.2. The summed E-state index contributed by atoms with van der Waals surface area (Å²) in [5.41, 5.74) is 6.77. The van der Waals surface area contributed by atoms with Crippen molar-refractivity contribution in [1.82, 2.24) is 0 Å². The fraction of sp³-hybridized carbons (Fsp3) is 0.556. The molecular weight excluding hydrogens is 216 g/mol. The van der Waals surface area contributed by atoms with Gasteiger partial charge in [-0.05, 0) is 46.9 Å². The van der Waals surface area contributed by atoms with Gasteiger partial charge in [0.15, 0.2) is 0 Å². The smallest absolute Gasteiger partial charge is 0.00273 e. The molecule has 0 spiro atoms. The molecule has 0 heterocycles. The molecule has 0 radical (unpaired) electrons. The summed E-state index contributed by atoms with van der Waals surface area (Å²) < 4.78 is 0. The van der Waals surface area contributed by atoms with Crippen molar-refractivity contribution in [2.45, 2.75) is 58.8 Å². The maximum atomic E-state index is 2.51. The van der Waals surface area contributed by atoms with Crippen LogP contribution in [0.1, 0.15) is 68.2 Å². The zero-order chi connectivity index (χ0) is 12.8. The minimum Gasteiger partial charge on any atom is -0.0764 e. The van der Waals surface area contributed by atoms with Gasteiger partial charge in [0, 0.05) is 5.92 Å². The van der Waals surface area contributed by atoms with Crippen LogP contribution in [-0.4, -0.2) is 0 Å². The lowest BCUT2D eigenvalue weighted by molar-refractivity contribution is 0.392. The first-order valence-electron chi connectivity index (χ1n) is 7.43. The van der Waals surface area contributed by atoms with Crippen molar-refractivity contribution in [3.05, 3.63) is 40.5 Å². The third kappa shape index (κ3) is 2.02. The van der Waals surface area contributed by atoms with E-state index in [2.05, 4.69) is 45.1 Å². The van der Waals surface area contributed by atoms with Crippen molar-refractivity contribution in [3.8, 4) is 0 Å². The Labute approximate surface area is 111 Å². The fourth-order valence-corrected chi connectivity index (χ4v) is 3.61. The molecule has 0 bridgehead atoms. The van der Waals surface area contributed by atoms with E-state index < -0.39 is 0 Å². The van der Waals surface area contributed by atoms with Gasteiger partial charge >= 0.3 is 0 Å². The van der Waals surface area contributed by atoms with Gasteiger partial charge in [0.05, 0.1) is 0 Å². The molecule has 0 saturated carbocycles. The normalized spacial score (nSPS) is 23.2. The molecule has 0 saturated heterocycles. The molecule has 3 rings (SSSR count). The quantitative estimate of drug-likeness (QED) is 0.688. The van der Waals surface area contributed by atoms with Crippen molar-refractivity contribution in [2.24, 2.45) is 5.41 Å². The molecule has 0 N–H and O–H groups in total. The van der Waals surface area contributed by atoms with Crippen LogP contribution in [0.5, 0.6) is 0 Å². The molecule has 0 nitrogen and oxygen atoms in total. The third-order valence-corrected chi connectivity index (χ3v) is 4.52. The molecule has 0 aliphatic heterocycles. The van der Waals surface area contributed by atoms with Crippen LogP contribution in [0.15, 0.2) is 18.2 Å². The van der Waals surface area contributed by atoms with Crippen molar-refractivity contribution in [3.63, 3.8) is 0 Å². The van der Waals surface area contributed by atoms with Gasteiger partial charge < -0.3 is 0 Å². The van der Waals surface area contributed by atoms with Crippen LogP contribution in [0, 0.1) is 5.41 Å². The first kappa shape index (κ1) is 12.0. The van der Waals surface area contributed by atoms with Crippen LogP contribution < -0.4 is 0 Å². The zero-order valence-electron chi connectivity index (χ0n) is 11.9. The molecule has 2 aliphatic rings. The van der Waals surface area contributed by atoms with Crippen LogP contribution in [0.4, 0.5) is 0 Å². The molecule has 2 aliphatic carbocycles. The standard InChI is InChI=1S/C18H24/c1-4-5-6-13-7-8-14-9-15-11-18(2,3)12-16(15)10-17(13)14/h7-10,13H,4-6,11-12H2,1-3H3. The SMILES string of the molecule is CCCCC1C=Cc2cc3c(cc21)CC(C)(C)C3. The lowest BCUT2D eigenvalue weighted by Gasteiger charge is -2.14. The first-order chi connectivity index (χ1) is 8.59. The Hall–Kier alpha value is -1.04. The molecule has 0 fully saturated rings. The number of rotatable bonds is 3. The fourth-order valence-electron chi connectivity index (χ4n) is 3.61. The number of unbranched alkanes of at least 4 members (excludes halogenated alkanes) is 1. The minimum atomic E-state index is 0.472. The summed E-state index contributed by atoms with van der Waals surface area (Å²) in [7, 11) is 0. The van der Waals surface area contributed by atoms with Gasteiger partial charge in [-0.3, -0.25) is 0 Å². The van der Waals surface area contributed by atoms with Crippen molar-refractivity contribution in [1.29, 1.82) is 0 Å². The highest BCUT2D eigenvalue weighted by molar-refractivity contribution is 5.65. The predicted molar refractivity (Wildman–Crippen MR) is 78.9 cm³/mol. The highest BCUT2D eigenvalue weighted by atomic mass is 14.3. The van der Waals surface area contributed by atoms with Crippen molar-refractivity contribution >= 4 is 6.08 Å². The van der Waals surface area contributed by atoms with Crippen molar-refractivity contribution < 1.29 is 0 Å². The first-order valence-corrected chi connectivity index (χ1v) is 7.43. The Morgan fingerprint density at radius 3 is 2.61 bits per heavy atom. The van der Waals surface area contributed by atoms with E-state index in [1.165, 1.54) is 37.7 Å². The van der Waals surface area contributed by atoms with E-state index in [1.54, 1.807) is 16.7 Å².